The Morgan fingerprint density at radius 2 is 1.85 bits per heavy atom. The fourth-order valence-corrected chi connectivity index (χ4v) is 3.77. The van der Waals surface area contributed by atoms with Crippen LogP contribution >= 0.6 is 11.6 Å². The van der Waals surface area contributed by atoms with Crippen molar-refractivity contribution in [3.05, 3.63) is 53.1 Å². The maximum Gasteiger partial charge on any atom is 0.240 e. The molecule has 2 aromatic rings. The molecule has 0 saturated carbocycles. The summed E-state index contributed by atoms with van der Waals surface area (Å²) in [5, 5.41) is 3.32. The van der Waals surface area contributed by atoms with Gasteiger partial charge in [0.05, 0.1) is 4.90 Å². The Balaban J connectivity index is 1.49. The van der Waals surface area contributed by atoms with Crippen molar-refractivity contribution in [3.63, 3.8) is 0 Å². The van der Waals surface area contributed by atoms with Crippen LogP contribution in [-0.4, -0.2) is 34.1 Å². The first-order valence-electron chi connectivity index (χ1n) is 8.34. The molecule has 2 N–H and O–H groups in total. The van der Waals surface area contributed by atoms with Crippen molar-refractivity contribution in [3.8, 4) is 11.5 Å². The van der Waals surface area contributed by atoms with E-state index in [9.17, 15) is 13.2 Å². The van der Waals surface area contributed by atoms with E-state index in [1.807, 2.05) is 6.07 Å². The lowest BCUT2D eigenvalue weighted by Crippen LogP contribution is -2.30. The van der Waals surface area contributed by atoms with E-state index < -0.39 is 10.0 Å². The monoisotopic (exact) mass is 410 g/mol. The second-order valence-electron chi connectivity index (χ2n) is 5.86. The van der Waals surface area contributed by atoms with Crippen LogP contribution in [0.5, 0.6) is 11.5 Å². The number of benzene rings is 2. The van der Waals surface area contributed by atoms with Gasteiger partial charge in [-0.15, -0.1) is 0 Å². The van der Waals surface area contributed by atoms with Crippen LogP contribution in [0.1, 0.15) is 12.0 Å². The van der Waals surface area contributed by atoms with E-state index in [-0.39, 0.29) is 23.8 Å². The van der Waals surface area contributed by atoms with Gasteiger partial charge in [-0.2, -0.15) is 0 Å². The number of carbonyl (C=O) groups excluding carboxylic acids is 1. The van der Waals surface area contributed by atoms with E-state index in [0.717, 1.165) is 5.56 Å². The van der Waals surface area contributed by atoms with Crippen LogP contribution < -0.4 is 19.5 Å². The molecule has 7 nitrogen and oxygen atoms in total. The predicted octanol–water partition coefficient (Wildman–Crippen LogP) is 2.10. The number of halogens is 1. The average molecular weight is 411 g/mol. The summed E-state index contributed by atoms with van der Waals surface area (Å²) in [6.07, 6.45) is 0.0182. The van der Waals surface area contributed by atoms with Crippen LogP contribution in [0, 0.1) is 0 Å². The van der Waals surface area contributed by atoms with Gasteiger partial charge >= 0.3 is 0 Å². The second kappa shape index (κ2) is 8.60. The zero-order chi connectivity index (χ0) is 19.3. The highest BCUT2D eigenvalue weighted by molar-refractivity contribution is 7.89. The fraction of sp³-hybridized carbons (Fsp3) is 0.278. The van der Waals surface area contributed by atoms with Gasteiger partial charge in [0, 0.05) is 30.6 Å². The van der Waals surface area contributed by atoms with Gasteiger partial charge < -0.3 is 14.8 Å². The molecular formula is C18H19ClN2O5S. The summed E-state index contributed by atoms with van der Waals surface area (Å²) in [6, 6.07) is 11.6. The summed E-state index contributed by atoms with van der Waals surface area (Å²) in [5.41, 5.74) is 0.868. The van der Waals surface area contributed by atoms with E-state index in [1.165, 1.54) is 12.1 Å². The van der Waals surface area contributed by atoms with Gasteiger partial charge in [0.1, 0.15) is 13.2 Å². The molecule has 0 unspecified atom stereocenters. The molecule has 1 aliphatic heterocycles. The molecule has 1 aliphatic rings. The van der Waals surface area contributed by atoms with Crippen molar-refractivity contribution < 1.29 is 22.7 Å². The first kappa shape index (κ1) is 19.5. The van der Waals surface area contributed by atoms with Crippen LogP contribution in [0.2, 0.25) is 5.02 Å². The van der Waals surface area contributed by atoms with E-state index >= 15 is 0 Å². The first-order valence-corrected chi connectivity index (χ1v) is 10.2. The quantitative estimate of drug-likeness (QED) is 0.729. The lowest BCUT2D eigenvalue weighted by atomic mass is 10.2. The Hall–Kier alpha value is -2.29. The number of carbonyl (C=O) groups is 1. The minimum absolute atomic E-state index is 0.0157. The van der Waals surface area contributed by atoms with Gasteiger partial charge in [-0.3, -0.25) is 4.79 Å². The molecule has 0 saturated heterocycles. The van der Waals surface area contributed by atoms with Crippen molar-refractivity contribution in [1.29, 1.82) is 0 Å². The minimum atomic E-state index is -3.75. The highest BCUT2D eigenvalue weighted by Crippen LogP contribution is 2.32. The summed E-state index contributed by atoms with van der Waals surface area (Å²) < 4.78 is 37.9. The molecule has 2 aromatic carbocycles. The molecule has 144 valence electrons. The fourth-order valence-electron chi connectivity index (χ4n) is 2.51. The topological polar surface area (TPSA) is 93.7 Å². The third kappa shape index (κ3) is 5.35. The normalized spacial score (nSPS) is 13.2. The first-order chi connectivity index (χ1) is 12.9. The minimum Gasteiger partial charge on any atom is -0.486 e. The standard InChI is InChI=1S/C18H19ClN2O5S/c19-14-3-1-2-13(10-14)12-20-18(22)6-7-21-27(23,24)15-4-5-16-17(11-15)26-9-8-25-16/h1-5,10-11,21H,6-9,12H2,(H,20,22). The molecule has 1 heterocycles. The number of ether oxygens (including phenoxy) is 2. The third-order valence-corrected chi connectivity index (χ3v) is 5.54. The van der Waals surface area contributed by atoms with E-state index in [0.29, 0.717) is 36.3 Å². The number of amides is 1. The molecule has 0 fully saturated rings. The maximum atomic E-state index is 12.4. The summed E-state index contributed by atoms with van der Waals surface area (Å²) in [4.78, 5) is 12.0. The van der Waals surface area contributed by atoms with Crippen LogP contribution in [0.25, 0.3) is 0 Å². The molecule has 0 aliphatic carbocycles. The van der Waals surface area contributed by atoms with Gasteiger partial charge in [0.2, 0.25) is 15.9 Å². The second-order valence-corrected chi connectivity index (χ2v) is 8.06. The Bertz CT molecular complexity index is 933. The van der Waals surface area contributed by atoms with Gasteiger partial charge in [0.25, 0.3) is 0 Å². The molecule has 0 bridgehead atoms. The largest absolute Gasteiger partial charge is 0.486 e. The SMILES string of the molecule is O=C(CCNS(=O)(=O)c1ccc2c(c1)OCCO2)NCc1cccc(Cl)c1. The number of sulfonamides is 1. The molecule has 1 amide bonds. The molecule has 0 spiro atoms. The number of hydrogen-bond donors (Lipinski definition) is 2. The highest BCUT2D eigenvalue weighted by Gasteiger charge is 2.19. The van der Waals surface area contributed by atoms with Gasteiger partial charge in [0.15, 0.2) is 11.5 Å². The maximum absolute atomic E-state index is 12.4. The Morgan fingerprint density at radius 1 is 1.07 bits per heavy atom. The van der Waals surface area contributed by atoms with Crippen molar-refractivity contribution in [2.45, 2.75) is 17.9 Å². The lowest BCUT2D eigenvalue weighted by Gasteiger charge is -2.18. The van der Waals surface area contributed by atoms with E-state index in [1.54, 1.807) is 24.3 Å². The molecule has 0 radical (unpaired) electrons. The van der Waals surface area contributed by atoms with Crippen molar-refractivity contribution in [1.82, 2.24) is 10.0 Å². The van der Waals surface area contributed by atoms with Gasteiger partial charge in [-0.1, -0.05) is 23.7 Å². The molecule has 9 heteroatoms. The number of nitrogens with one attached hydrogen (secondary N) is 2. The van der Waals surface area contributed by atoms with Gasteiger partial charge in [-0.25, -0.2) is 13.1 Å². The Morgan fingerprint density at radius 3 is 2.63 bits per heavy atom. The lowest BCUT2D eigenvalue weighted by molar-refractivity contribution is -0.121. The zero-order valence-electron chi connectivity index (χ0n) is 14.4. The van der Waals surface area contributed by atoms with E-state index in [4.69, 9.17) is 21.1 Å². The van der Waals surface area contributed by atoms with Crippen molar-refractivity contribution in [2.24, 2.45) is 0 Å². The number of hydrogen-bond acceptors (Lipinski definition) is 5. The Labute approximate surface area is 162 Å². The average Bonchev–Trinajstić information content (AvgIpc) is 2.66. The van der Waals surface area contributed by atoms with E-state index in [2.05, 4.69) is 10.0 Å². The molecule has 0 atom stereocenters. The molecule has 0 aromatic heterocycles. The van der Waals surface area contributed by atoms with Gasteiger partial charge in [-0.05, 0) is 29.8 Å². The van der Waals surface area contributed by atoms with Crippen LogP contribution in [0.4, 0.5) is 0 Å². The van der Waals surface area contributed by atoms with Crippen LogP contribution in [0.3, 0.4) is 0 Å². The Kier molecular flexibility index (Phi) is 6.20. The molecular weight excluding hydrogens is 392 g/mol. The third-order valence-electron chi connectivity index (χ3n) is 3.85. The zero-order valence-corrected chi connectivity index (χ0v) is 16.0. The number of rotatable bonds is 7. The van der Waals surface area contributed by atoms with Crippen molar-refractivity contribution >= 4 is 27.5 Å². The molecule has 27 heavy (non-hydrogen) atoms. The summed E-state index contributed by atoms with van der Waals surface area (Å²) in [5.74, 6) is 0.642. The smallest absolute Gasteiger partial charge is 0.240 e. The van der Waals surface area contributed by atoms with Crippen molar-refractivity contribution in [2.75, 3.05) is 19.8 Å². The predicted molar refractivity (Wildman–Crippen MR) is 101 cm³/mol. The summed E-state index contributed by atoms with van der Waals surface area (Å²) in [7, 11) is -3.75. The molecule has 3 rings (SSSR count). The summed E-state index contributed by atoms with van der Waals surface area (Å²) >= 11 is 5.89. The highest BCUT2D eigenvalue weighted by atomic mass is 35.5. The number of fused-ring (bicyclic) bond motifs is 1. The summed E-state index contributed by atoms with van der Waals surface area (Å²) in [6.45, 7) is 1.12. The van der Waals surface area contributed by atoms with Crippen LogP contribution in [-0.2, 0) is 21.4 Å². The van der Waals surface area contributed by atoms with Crippen LogP contribution in [0.15, 0.2) is 47.4 Å².